The van der Waals surface area contributed by atoms with E-state index < -0.39 is 27.2 Å². The minimum atomic E-state index is -4.08. The summed E-state index contributed by atoms with van der Waals surface area (Å²) < 4.78 is 51.9. The summed E-state index contributed by atoms with van der Waals surface area (Å²) in [5, 5.41) is 8.01. The van der Waals surface area contributed by atoms with Crippen LogP contribution in [-0.4, -0.2) is 18.2 Å². The Morgan fingerprint density at radius 3 is 2.41 bits per heavy atom. The lowest BCUT2D eigenvalue weighted by atomic mass is 10.0. The normalized spacial score (nSPS) is 11.9. The molecule has 0 fully saturated rings. The Kier molecular flexibility index (Phi) is 5.62. The number of benzene rings is 3. The van der Waals surface area contributed by atoms with E-state index in [0.717, 1.165) is 12.1 Å². The van der Waals surface area contributed by atoms with E-state index in [1.165, 1.54) is 23.7 Å². The lowest BCUT2D eigenvalue weighted by Gasteiger charge is -2.13. The van der Waals surface area contributed by atoms with E-state index in [2.05, 4.69) is 5.10 Å². The first-order valence-corrected chi connectivity index (χ1v) is 11.5. The van der Waals surface area contributed by atoms with E-state index in [0.29, 0.717) is 33.2 Å². The molecule has 0 aliphatic rings. The fourth-order valence-corrected chi connectivity index (χ4v) is 5.35. The van der Waals surface area contributed by atoms with Gasteiger partial charge in [0.2, 0.25) is 10.0 Å². The third-order valence-electron chi connectivity index (χ3n) is 5.04. The molecule has 1 heterocycles. The monoisotopic (exact) mass is 497 g/mol. The maximum absolute atomic E-state index is 13.5. The van der Waals surface area contributed by atoms with E-state index >= 15 is 0 Å². The summed E-state index contributed by atoms with van der Waals surface area (Å²) >= 11 is 12.5. The molecule has 0 saturated carbocycles. The zero-order valence-corrected chi connectivity index (χ0v) is 18.7. The van der Waals surface area contributed by atoms with Gasteiger partial charge in [0.1, 0.15) is 4.90 Å². The van der Waals surface area contributed by atoms with Gasteiger partial charge in [-0.2, -0.15) is 0 Å². The number of sulfonamides is 1. The predicted molar refractivity (Wildman–Crippen MR) is 120 cm³/mol. The Labute approximate surface area is 191 Å². The van der Waals surface area contributed by atoms with Crippen LogP contribution < -0.4 is 10.7 Å². The molecule has 0 saturated heterocycles. The zero-order chi connectivity index (χ0) is 23.4. The van der Waals surface area contributed by atoms with Crippen LogP contribution in [0.3, 0.4) is 0 Å². The van der Waals surface area contributed by atoms with E-state index in [1.807, 2.05) is 0 Å². The zero-order valence-electron chi connectivity index (χ0n) is 16.4. The number of nitrogens with zero attached hydrogens (tertiary/aromatic N) is 1. The number of rotatable bonds is 4. The van der Waals surface area contributed by atoms with Gasteiger partial charge in [0.15, 0.2) is 11.6 Å². The number of fused-ring (bicyclic) bond motifs is 1. The van der Waals surface area contributed by atoms with Crippen molar-refractivity contribution in [1.29, 1.82) is 0 Å². The van der Waals surface area contributed by atoms with Gasteiger partial charge in [0.05, 0.1) is 27.5 Å². The van der Waals surface area contributed by atoms with Gasteiger partial charge in [-0.05, 0) is 53.9 Å². The van der Waals surface area contributed by atoms with Crippen molar-refractivity contribution in [2.24, 2.45) is 5.14 Å². The lowest BCUT2D eigenvalue weighted by Crippen LogP contribution is -2.14. The fourth-order valence-electron chi connectivity index (χ4n) is 3.60. The van der Waals surface area contributed by atoms with Crippen LogP contribution in [0, 0.1) is 18.6 Å². The van der Waals surface area contributed by atoms with E-state index in [9.17, 15) is 22.0 Å². The standard InChI is InChI=1S/C21H15Cl2F2N3O3S/c1-10-6-13(18(22)19(23)20(10)32(26,30)31)12-3-5-17-14(8-12)21(29)27-28(17)9-11-2-4-15(24)16(25)7-11/h2-8H,9H2,1H3,(H,27,29)(H2,26,30,31). The number of halogens is 4. The van der Waals surface area contributed by atoms with Crippen molar-refractivity contribution >= 4 is 44.1 Å². The van der Waals surface area contributed by atoms with Gasteiger partial charge < -0.3 is 0 Å². The topological polar surface area (TPSA) is 97.9 Å². The first kappa shape index (κ1) is 22.5. The summed E-state index contributed by atoms with van der Waals surface area (Å²) in [6.45, 7) is 1.65. The molecule has 6 nitrogen and oxygen atoms in total. The van der Waals surface area contributed by atoms with Crippen LogP contribution in [0.2, 0.25) is 10.0 Å². The molecular weight excluding hydrogens is 483 g/mol. The summed E-state index contributed by atoms with van der Waals surface area (Å²) in [7, 11) is -4.08. The van der Waals surface area contributed by atoms with E-state index in [4.69, 9.17) is 28.3 Å². The number of aromatic nitrogens is 2. The van der Waals surface area contributed by atoms with Crippen molar-refractivity contribution in [2.75, 3.05) is 0 Å². The summed E-state index contributed by atoms with van der Waals surface area (Å²) in [5.74, 6) is -1.93. The highest BCUT2D eigenvalue weighted by atomic mass is 35.5. The maximum atomic E-state index is 13.5. The largest absolute Gasteiger partial charge is 0.280 e. The Balaban J connectivity index is 1.81. The van der Waals surface area contributed by atoms with Gasteiger partial charge >= 0.3 is 0 Å². The van der Waals surface area contributed by atoms with Gasteiger partial charge in [0, 0.05) is 5.56 Å². The Bertz CT molecular complexity index is 1560. The number of nitrogens with one attached hydrogen (secondary N) is 1. The van der Waals surface area contributed by atoms with Crippen molar-refractivity contribution in [2.45, 2.75) is 18.4 Å². The molecule has 166 valence electrons. The summed E-state index contributed by atoms with van der Waals surface area (Å²) in [6, 6.07) is 9.97. The number of nitrogens with two attached hydrogens (primary N) is 1. The highest BCUT2D eigenvalue weighted by Gasteiger charge is 2.22. The number of hydrogen-bond donors (Lipinski definition) is 2. The molecule has 3 aromatic carbocycles. The van der Waals surface area contributed by atoms with Crippen LogP contribution in [0.15, 0.2) is 52.2 Å². The second kappa shape index (κ2) is 8.00. The number of hydrogen-bond acceptors (Lipinski definition) is 3. The van der Waals surface area contributed by atoms with Crippen molar-refractivity contribution in [3.05, 3.63) is 85.6 Å². The van der Waals surface area contributed by atoms with E-state index in [-0.39, 0.29) is 21.5 Å². The van der Waals surface area contributed by atoms with Crippen molar-refractivity contribution < 1.29 is 17.2 Å². The van der Waals surface area contributed by atoms with Gasteiger partial charge in [-0.15, -0.1) is 0 Å². The summed E-state index contributed by atoms with van der Waals surface area (Å²) in [5.41, 5.74) is 1.86. The van der Waals surface area contributed by atoms with Crippen LogP contribution in [0.5, 0.6) is 0 Å². The first-order chi connectivity index (χ1) is 15.0. The molecular formula is C21H15Cl2F2N3O3S. The number of H-pyrrole nitrogens is 1. The molecule has 3 N–H and O–H groups in total. The fraction of sp³-hybridized carbons (Fsp3) is 0.0952. The SMILES string of the molecule is Cc1cc(-c2ccc3c(c2)c(=O)[nH]n3Cc2ccc(F)c(F)c2)c(Cl)c(Cl)c1S(N)(=O)=O. The molecule has 0 unspecified atom stereocenters. The molecule has 0 spiro atoms. The Morgan fingerprint density at radius 2 is 1.75 bits per heavy atom. The predicted octanol–water partition coefficient (Wildman–Crippen LogP) is 4.59. The van der Waals surface area contributed by atoms with Crippen molar-refractivity contribution in [3.63, 3.8) is 0 Å². The Morgan fingerprint density at radius 1 is 1.03 bits per heavy atom. The Hall–Kier alpha value is -2.72. The molecule has 1 aromatic heterocycles. The van der Waals surface area contributed by atoms with Gasteiger partial charge in [-0.3, -0.25) is 14.6 Å². The van der Waals surface area contributed by atoms with Gasteiger partial charge in [0.25, 0.3) is 5.56 Å². The van der Waals surface area contributed by atoms with Crippen LogP contribution in [0.25, 0.3) is 22.0 Å². The van der Waals surface area contributed by atoms with E-state index in [1.54, 1.807) is 18.2 Å². The summed E-state index contributed by atoms with van der Waals surface area (Å²) in [4.78, 5) is 12.3. The minimum absolute atomic E-state index is 0.0155. The highest BCUT2D eigenvalue weighted by Crippen LogP contribution is 2.40. The third kappa shape index (κ3) is 3.93. The minimum Gasteiger partial charge on any atom is -0.280 e. The van der Waals surface area contributed by atoms with Crippen LogP contribution in [0.1, 0.15) is 11.1 Å². The highest BCUT2D eigenvalue weighted by molar-refractivity contribution is 7.89. The average Bonchev–Trinajstić information content (AvgIpc) is 3.01. The molecule has 0 aliphatic heterocycles. The van der Waals surface area contributed by atoms with Crippen LogP contribution in [-0.2, 0) is 16.6 Å². The van der Waals surface area contributed by atoms with Crippen LogP contribution >= 0.6 is 23.2 Å². The maximum Gasteiger partial charge on any atom is 0.272 e. The molecule has 0 aliphatic carbocycles. The number of primary sulfonamides is 1. The molecule has 32 heavy (non-hydrogen) atoms. The second-order valence-corrected chi connectivity index (χ2v) is 9.50. The van der Waals surface area contributed by atoms with Crippen molar-refractivity contribution in [1.82, 2.24) is 9.78 Å². The molecule has 0 bridgehead atoms. The average molecular weight is 498 g/mol. The van der Waals surface area contributed by atoms with Gasteiger partial charge in [-0.25, -0.2) is 22.3 Å². The molecule has 0 atom stereocenters. The molecule has 0 radical (unpaired) electrons. The number of aryl methyl sites for hydroxylation is 1. The quantitative estimate of drug-likeness (QED) is 0.431. The molecule has 11 heteroatoms. The van der Waals surface area contributed by atoms with Gasteiger partial charge in [-0.1, -0.05) is 35.3 Å². The smallest absolute Gasteiger partial charge is 0.272 e. The lowest BCUT2D eigenvalue weighted by molar-refractivity contribution is 0.506. The molecule has 0 amide bonds. The second-order valence-electron chi connectivity index (χ2n) is 7.25. The van der Waals surface area contributed by atoms with Crippen molar-refractivity contribution in [3.8, 4) is 11.1 Å². The van der Waals surface area contributed by atoms with Crippen LogP contribution in [0.4, 0.5) is 8.78 Å². The molecule has 4 aromatic rings. The summed E-state index contributed by atoms with van der Waals surface area (Å²) in [6.07, 6.45) is 0. The third-order valence-corrected chi connectivity index (χ3v) is 7.11. The first-order valence-electron chi connectivity index (χ1n) is 9.15. The number of aromatic amines is 1. The molecule has 4 rings (SSSR count).